The fourth-order valence-corrected chi connectivity index (χ4v) is 5.08. The number of para-hydroxylation sites is 1. The van der Waals surface area contributed by atoms with Crippen LogP contribution in [0.3, 0.4) is 0 Å². The normalized spacial score (nSPS) is 16.2. The van der Waals surface area contributed by atoms with Crippen LogP contribution in [0.4, 0.5) is 10.8 Å². The number of ether oxygens (including phenoxy) is 1. The van der Waals surface area contributed by atoms with E-state index in [0.717, 1.165) is 11.3 Å². The number of rotatable bonds is 4. The summed E-state index contributed by atoms with van der Waals surface area (Å²) in [6.07, 6.45) is -0.731. The second kappa shape index (κ2) is 7.82. The maximum Gasteiger partial charge on any atom is 0.350 e. The number of amides is 3. The Morgan fingerprint density at radius 2 is 1.76 bits per heavy atom. The van der Waals surface area contributed by atoms with Gasteiger partial charge in [-0.1, -0.05) is 41.7 Å². The molecule has 0 bridgehead atoms. The van der Waals surface area contributed by atoms with Crippen LogP contribution in [0.15, 0.2) is 48.5 Å². The molecule has 3 amide bonds. The van der Waals surface area contributed by atoms with E-state index < -0.39 is 18.0 Å². The number of nitrogens with zero attached hydrogens (tertiary/aromatic N) is 3. The standard InChI is InChI=1S/C23H18N4O5S/c1-12-18(22(31)32-2)33-23(24-12)25-17(28)11-26-19-13-7-3-4-8-14(13)21(30)27(19)16-10-6-5-9-15(16)20(26)29/h3-10,19H,11H2,1-2H3,(H,24,25,28). The molecule has 0 spiro atoms. The van der Waals surface area contributed by atoms with Gasteiger partial charge in [0.25, 0.3) is 11.8 Å². The molecule has 0 fully saturated rings. The molecule has 1 aromatic heterocycles. The van der Waals surface area contributed by atoms with Gasteiger partial charge < -0.3 is 15.0 Å². The number of esters is 1. The van der Waals surface area contributed by atoms with Crippen LogP contribution in [0.25, 0.3) is 0 Å². The van der Waals surface area contributed by atoms with E-state index in [-0.39, 0.29) is 28.4 Å². The molecule has 1 N–H and O–H groups in total. The van der Waals surface area contributed by atoms with Gasteiger partial charge in [-0.05, 0) is 25.1 Å². The molecule has 10 heteroatoms. The number of carbonyl (C=O) groups excluding carboxylic acids is 4. The molecule has 2 aliphatic heterocycles. The lowest BCUT2D eigenvalue weighted by molar-refractivity contribution is -0.117. The smallest absolute Gasteiger partial charge is 0.350 e. The Kier molecular flexibility index (Phi) is 4.94. The summed E-state index contributed by atoms with van der Waals surface area (Å²) < 4.78 is 4.72. The Labute approximate surface area is 192 Å². The lowest BCUT2D eigenvalue weighted by Gasteiger charge is -2.40. The van der Waals surface area contributed by atoms with E-state index in [1.165, 1.54) is 12.0 Å². The third-order valence-electron chi connectivity index (χ3n) is 5.61. The third-order valence-corrected chi connectivity index (χ3v) is 6.66. The number of carbonyl (C=O) groups is 4. The number of hydrogen-bond acceptors (Lipinski definition) is 7. The van der Waals surface area contributed by atoms with Crippen molar-refractivity contribution in [2.75, 3.05) is 23.9 Å². The first kappa shape index (κ1) is 20.8. The van der Waals surface area contributed by atoms with Gasteiger partial charge in [0.1, 0.15) is 17.6 Å². The molecule has 0 aliphatic carbocycles. The Morgan fingerprint density at radius 3 is 2.52 bits per heavy atom. The van der Waals surface area contributed by atoms with Crippen molar-refractivity contribution in [2.45, 2.75) is 13.1 Å². The average molecular weight is 462 g/mol. The van der Waals surface area contributed by atoms with E-state index in [4.69, 9.17) is 4.74 Å². The highest BCUT2D eigenvalue weighted by molar-refractivity contribution is 7.17. The summed E-state index contributed by atoms with van der Waals surface area (Å²) in [6, 6.07) is 13.9. The van der Waals surface area contributed by atoms with Crippen LogP contribution in [0.5, 0.6) is 0 Å². The summed E-state index contributed by atoms with van der Waals surface area (Å²) in [7, 11) is 1.27. The van der Waals surface area contributed by atoms with Crippen LogP contribution in [-0.4, -0.2) is 47.2 Å². The fraction of sp³-hybridized carbons (Fsp3) is 0.174. The Bertz CT molecular complexity index is 1330. The minimum atomic E-state index is -0.731. The molecule has 1 unspecified atom stereocenters. The Hall–Kier alpha value is -4.05. The summed E-state index contributed by atoms with van der Waals surface area (Å²) in [5.74, 6) is -1.61. The van der Waals surface area contributed by atoms with Gasteiger partial charge in [0.15, 0.2) is 5.13 Å². The summed E-state index contributed by atoms with van der Waals surface area (Å²) in [5, 5.41) is 2.88. The van der Waals surface area contributed by atoms with Crippen molar-refractivity contribution < 1.29 is 23.9 Å². The molecule has 9 nitrogen and oxygen atoms in total. The molecule has 2 aromatic carbocycles. The summed E-state index contributed by atoms with van der Waals surface area (Å²) >= 11 is 0.995. The first-order chi connectivity index (χ1) is 15.9. The number of thiazole rings is 1. The van der Waals surface area contributed by atoms with Crippen molar-refractivity contribution in [3.8, 4) is 0 Å². The van der Waals surface area contributed by atoms with Crippen molar-refractivity contribution in [3.63, 3.8) is 0 Å². The van der Waals surface area contributed by atoms with E-state index >= 15 is 0 Å². The molecule has 5 rings (SSSR count). The predicted molar refractivity (Wildman–Crippen MR) is 120 cm³/mol. The minimum absolute atomic E-state index is 0.223. The SMILES string of the molecule is COC(=O)c1sc(NC(=O)CN2C(=O)c3ccccc3N3C(=O)c4ccccc4C23)nc1C. The second-order valence-corrected chi connectivity index (χ2v) is 8.56. The van der Waals surface area contributed by atoms with Gasteiger partial charge in [0.2, 0.25) is 5.91 Å². The van der Waals surface area contributed by atoms with E-state index in [2.05, 4.69) is 10.3 Å². The molecule has 0 saturated carbocycles. The maximum absolute atomic E-state index is 13.4. The molecule has 33 heavy (non-hydrogen) atoms. The van der Waals surface area contributed by atoms with Gasteiger partial charge >= 0.3 is 5.97 Å². The molecule has 3 heterocycles. The summed E-state index contributed by atoms with van der Waals surface area (Å²) in [6.45, 7) is 1.34. The van der Waals surface area contributed by atoms with Crippen LogP contribution in [0.1, 0.15) is 47.8 Å². The largest absolute Gasteiger partial charge is 0.465 e. The number of aryl methyl sites for hydroxylation is 1. The third kappa shape index (κ3) is 3.26. The molecular formula is C23H18N4O5S. The summed E-state index contributed by atoms with van der Waals surface area (Å²) in [4.78, 5) is 58.7. The van der Waals surface area contributed by atoms with Gasteiger partial charge in [-0.3, -0.25) is 19.3 Å². The lowest BCUT2D eigenvalue weighted by atomic mass is 10.0. The molecule has 0 saturated heterocycles. The van der Waals surface area contributed by atoms with Crippen LogP contribution in [0.2, 0.25) is 0 Å². The van der Waals surface area contributed by atoms with E-state index in [1.807, 2.05) is 0 Å². The van der Waals surface area contributed by atoms with Crippen molar-refractivity contribution in [2.24, 2.45) is 0 Å². The maximum atomic E-state index is 13.4. The molecule has 3 aromatic rings. The molecule has 166 valence electrons. The average Bonchev–Trinajstić information content (AvgIpc) is 3.33. The van der Waals surface area contributed by atoms with Gasteiger partial charge in [0, 0.05) is 11.1 Å². The zero-order chi connectivity index (χ0) is 23.3. The van der Waals surface area contributed by atoms with E-state index in [0.29, 0.717) is 28.1 Å². The lowest BCUT2D eigenvalue weighted by Crippen LogP contribution is -2.50. The summed E-state index contributed by atoms with van der Waals surface area (Å²) in [5.41, 5.74) is 2.46. The quantitative estimate of drug-likeness (QED) is 0.597. The topological polar surface area (TPSA) is 109 Å². The van der Waals surface area contributed by atoms with Gasteiger partial charge in [0.05, 0.1) is 24.1 Å². The highest BCUT2D eigenvalue weighted by Gasteiger charge is 2.48. The van der Waals surface area contributed by atoms with Crippen molar-refractivity contribution >= 4 is 45.8 Å². The van der Waals surface area contributed by atoms with E-state index in [9.17, 15) is 19.2 Å². The highest BCUT2D eigenvalue weighted by atomic mass is 32.1. The van der Waals surface area contributed by atoms with Gasteiger partial charge in [-0.2, -0.15) is 0 Å². The molecule has 0 radical (unpaired) electrons. The van der Waals surface area contributed by atoms with Crippen LogP contribution in [0, 0.1) is 6.92 Å². The van der Waals surface area contributed by atoms with Gasteiger partial charge in [-0.25, -0.2) is 9.78 Å². The number of benzene rings is 2. The second-order valence-electron chi connectivity index (χ2n) is 7.56. The van der Waals surface area contributed by atoms with Crippen molar-refractivity contribution in [3.05, 3.63) is 75.8 Å². The van der Waals surface area contributed by atoms with E-state index in [1.54, 1.807) is 60.4 Å². The molecule has 1 atom stereocenters. The first-order valence-electron chi connectivity index (χ1n) is 10.1. The van der Waals surface area contributed by atoms with Crippen molar-refractivity contribution in [1.82, 2.24) is 9.88 Å². The number of nitrogens with one attached hydrogen (secondary N) is 1. The predicted octanol–water partition coefficient (Wildman–Crippen LogP) is 2.99. The number of fused-ring (bicyclic) bond motifs is 5. The van der Waals surface area contributed by atoms with Gasteiger partial charge in [-0.15, -0.1) is 0 Å². The first-order valence-corrected chi connectivity index (χ1v) is 10.9. The van der Waals surface area contributed by atoms with Crippen LogP contribution < -0.4 is 10.2 Å². The highest BCUT2D eigenvalue weighted by Crippen LogP contribution is 2.45. The minimum Gasteiger partial charge on any atom is -0.465 e. The Morgan fingerprint density at radius 1 is 1.06 bits per heavy atom. The zero-order valence-corrected chi connectivity index (χ0v) is 18.5. The van der Waals surface area contributed by atoms with Crippen molar-refractivity contribution in [1.29, 1.82) is 0 Å². The molecular weight excluding hydrogens is 444 g/mol. The number of hydrogen-bond donors (Lipinski definition) is 1. The monoisotopic (exact) mass is 462 g/mol. The van der Waals surface area contributed by atoms with Crippen LogP contribution >= 0.6 is 11.3 Å². The number of anilines is 2. The fourth-order valence-electron chi connectivity index (χ4n) is 4.18. The Balaban J connectivity index is 1.48. The number of methoxy groups -OCH3 is 1. The zero-order valence-electron chi connectivity index (χ0n) is 17.7. The molecule has 2 aliphatic rings. The number of aromatic nitrogens is 1. The van der Waals surface area contributed by atoms with Crippen LogP contribution in [-0.2, 0) is 9.53 Å².